The first kappa shape index (κ1) is 12.4. The molecule has 1 aromatic carbocycles. The number of aromatic nitrogens is 2. The lowest BCUT2D eigenvalue weighted by Crippen LogP contribution is -2.20. The molecule has 2 aromatic rings. The molecule has 0 bridgehead atoms. The van der Waals surface area contributed by atoms with Gasteiger partial charge in [-0.25, -0.2) is 0 Å². The third kappa shape index (κ3) is 2.41. The molecule has 1 unspecified atom stereocenters. The SMILES string of the molecule is Clc1cn(CC2OCCc3ccccc32)nc1I. The summed E-state index contributed by atoms with van der Waals surface area (Å²) in [6.45, 7) is 1.48. The number of benzene rings is 1. The van der Waals surface area contributed by atoms with E-state index in [1.807, 2.05) is 10.9 Å². The highest BCUT2D eigenvalue weighted by Gasteiger charge is 2.21. The van der Waals surface area contributed by atoms with Crippen molar-refractivity contribution in [2.45, 2.75) is 19.1 Å². The minimum Gasteiger partial charge on any atom is -0.371 e. The van der Waals surface area contributed by atoms with Gasteiger partial charge < -0.3 is 4.74 Å². The van der Waals surface area contributed by atoms with Crippen molar-refractivity contribution in [2.75, 3.05) is 6.61 Å². The summed E-state index contributed by atoms with van der Waals surface area (Å²) in [5.41, 5.74) is 2.65. The first-order chi connectivity index (χ1) is 8.74. The highest BCUT2D eigenvalue weighted by Crippen LogP contribution is 2.28. The van der Waals surface area contributed by atoms with E-state index in [2.05, 4.69) is 52.0 Å². The highest BCUT2D eigenvalue weighted by molar-refractivity contribution is 14.1. The van der Waals surface area contributed by atoms with Crippen molar-refractivity contribution in [3.8, 4) is 0 Å². The Morgan fingerprint density at radius 1 is 1.44 bits per heavy atom. The Labute approximate surface area is 124 Å². The van der Waals surface area contributed by atoms with Crippen LogP contribution in [-0.4, -0.2) is 16.4 Å². The number of ether oxygens (including phenoxy) is 1. The molecule has 94 valence electrons. The molecule has 18 heavy (non-hydrogen) atoms. The monoisotopic (exact) mass is 374 g/mol. The maximum Gasteiger partial charge on any atom is 0.141 e. The molecule has 2 heterocycles. The number of hydrogen-bond donors (Lipinski definition) is 0. The molecule has 0 radical (unpaired) electrons. The van der Waals surface area contributed by atoms with Crippen LogP contribution in [0.3, 0.4) is 0 Å². The van der Waals surface area contributed by atoms with Gasteiger partial charge in [0.25, 0.3) is 0 Å². The van der Waals surface area contributed by atoms with Crippen molar-refractivity contribution in [1.29, 1.82) is 0 Å². The fourth-order valence-corrected chi connectivity index (χ4v) is 2.83. The molecule has 0 fully saturated rings. The van der Waals surface area contributed by atoms with Gasteiger partial charge in [0.2, 0.25) is 0 Å². The van der Waals surface area contributed by atoms with Gasteiger partial charge in [0.05, 0.1) is 18.2 Å². The molecule has 3 rings (SSSR count). The molecular weight excluding hydrogens is 363 g/mol. The van der Waals surface area contributed by atoms with Gasteiger partial charge >= 0.3 is 0 Å². The lowest BCUT2D eigenvalue weighted by Gasteiger charge is -2.25. The largest absolute Gasteiger partial charge is 0.371 e. The number of fused-ring (bicyclic) bond motifs is 1. The standard InChI is InChI=1S/C13H12ClIN2O/c14-11-7-17(16-13(11)15)8-12-10-4-2-1-3-9(10)5-6-18-12/h1-4,7,12H,5-6,8H2. The molecule has 0 N–H and O–H groups in total. The van der Waals surface area contributed by atoms with E-state index in [0.717, 1.165) is 16.7 Å². The summed E-state index contributed by atoms with van der Waals surface area (Å²) in [5, 5.41) is 5.06. The maximum absolute atomic E-state index is 6.02. The van der Waals surface area contributed by atoms with Crippen molar-refractivity contribution < 1.29 is 4.74 Å². The first-order valence-electron chi connectivity index (χ1n) is 5.82. The van der Waals surface area contributed by atoms with Crippen molar-refractivity contribution in [2.24, 2.45) is 0 Å². The molecule has 0 aliphatic carbocycles. The predicted octanol–water partition coefficient (Wildman–Crippen LogP) is 3.46. The topological polar surface area (TPSA) is 27.1 Å². The van der Waals surface area contributed by atoms with Crippen LogP contribution in [0.25, 0.3) is 0 Å². The molecule has 1 aliphatic rings. The minimum atomic E-state index is 0.0710. The van der Waals surface area contributed by atoms with Crippen molar-refractivity contribution >= 4 is 34.2 Å². The Kier molecular flexibility index (Phi) is 3.59. The highest BCUT2D eigenvalue weighted by atomic mass is 127. The predicted molar refractivity (Wildman–Crippen MR) is 78.8 cm³/mol. The van der Waals surface area contributed by atoms with E-state index in [9.17, 15) is 0 Å². The van der Waals surface area contributed by atoms with Crippen LogP contribution < -0.4 is 0 Å². The summed E-state index contributed by atoms with van der Waals surface area (Å²) in [7, 11) is 0. The van der Waals surface area contributed by atoms with E-state index in [-0.39, 0.29) is 6.10 Å². The van der Waals surface area contributed by atoms with Crippen LogP contribution in [0.2, 0.25) is 5.02 Å². The van der Waals surface area contributed by atoms with Crippen LogP contribution in [-0.2, 0) is 17.7 Å². The average Bonchev–Trinajstić information content (AvgIpc) is 2.69. The lowest BCUT2D eigenvalue weighted by molar-refractivity contribution is 0.0282. The van der Waals surface area contributed by atoms with Gasteiger partial charge in [-0.15, -0.1) is 0 Å². The number of rotatable bonds is 2. The smallest absolute Gasteiger partial charge is 0.141 e. The summed E-state index contributed by atoms with van der Waals surface area (Å²) < 4.78 is 8.54. The lowest BCUT2D eigenvalue weighted by atomic mass is 9.98. The van der Waals surface area contributed by atoms with E-state index in [1.165, 1.54) is 11.1 Å². The Morgan fingerprint density at radius 3 is 3.06 bits per heavy atom. The number of halogens is 2. The van der Waals surface area contributed by atoms with E-state index in [1.54, 1.807) is 0 Å². The molecule has 1 aromatic heterocycles. The quantitative estimate of drug-likeness (QED) is 0.753. The zero-order valence-electron chi connectivity index (χ0n) is 9.64. The van der Waals surface area contributed by atoms with Crippen LogP contribution in [0.15, 0.2) is 30.5 Å². The van der Waals surface area contributed by atoms with Crippen LogP contribution >= 0.6 is 34.2 Å². The van der Waals surface area contributed by atoms with Crippen LogP contribution in [0, 0.1) is 3.70 Å². The van der Waals surface area contributed by atoms with E-state index in [0.29, 0.717) is 11.6 Å². The molecule has 0 spiro atoms. The molecule has 0 saturated carbocycles. The van der Waals surface area contributed by atoms with Crippen molar-refractivity contribution in [3.63, 3.8) is 0 Å². The average molecular weight is 375 g/mol. The minimum absolute atomic E-state index is 0.0710. The fourth-order valence-electron chi connectivity index (χ4n) is 2.26. The molecule has 0 amide bonds. The molecule has 1 aliphatic heterocycles. The van der Waals surface area contributed by atoms with E-state index >= 15 is 0 Å². The van der Waals surface area contributed by atoms with Gasteiger partial charge in [0, 0.05) is 6.20 Å². The summed E-state index contributed by atoms with van der Waals surface area (Å²) in [4.78, 5) is 0. The Morgan fingerprint density at radius 2 is 2.28 bits per heavy atom. The van der Waals surface area contributed by atoms with Crippen LogP contribution in [0.1, 0.15) is 17.2 Å². The van der Waals surface area contributed by atoms with Gasteiger partial charge in [-0.2, -0.15) is 5.10 Å². The molecule has 3 nitrogen and oxygen atoms in total. The summed E-state index contributed by atoms with van der Waals surface area (Å²) >= 11 is 8.15. The molecule has 5 heteroatoms. The van der Waals surface area contributed by atoms with E-state index < -0.39 is 0 Å². The summed E-state index contributed by atoms with van der Waals surface area (Å²) in [6, 6.07) is 8.44. The van der Waals surface area contributed by atoms with Gasteiger partial charge in [-0.3, -0.25) is 4.68 Å². The summed E-state index contributed by atoms with van der Waals surface area (Å²) in [6.07, 6.45) is 2.91. The van der Waals surface area contributed by atoms with Gasteiger partial charge in [0.15, 0.2) is 0 Å². The maximum atomic E-state index is 6.02. The second-order valence-electron chi connectivity index (χ2n) is 4.30. The van der Waals surface area contributed by atoms with Crippen LogP contribution in [0.4, 0.5) is 0 Å². The zero-order chi connectivity index (χ0) is 12.5. The van der Waals surface area contributed by atoms with Crippen molar-refractivity contribution in [3.05, 3.63) is 50.3 Å². The zero-order valence-corrected chi connectivity index (χ0v) is 12.6. The van der Waals surface area contributed by atoms with Crippen molar-refractivity contribution in [1.82, 2.24) is 9.78 Å². The molecular formula is C13H12ClIN2O. The third-order valence-electron chi connectivity index (χ3n) is 3.12. The van der Waals surface area contributed by atoms with Gasteiger partial charge in [-0.05, 0) is 40.1 Å². The fraction of sp³-hybridized carbons (Fsp3) is 0.308. The Balaban J connectivity index is 1.86. The van der Waals surface area contributed by atoms with Gasteiger partial charge in [0.1, 0.15) is 9.80 Å². The molecule has 0 saturated heterocycles. The summed E-state index contributed by atoms with van der Waals surface area (Å²) in [5.74, 6) is 0. The Hall–Kier alpha value is -0.590. The first-order valence-corrected chi connectivity index (χ1v) is 7.27. The Bertz CT molecular complexity index is 550. The second-order valence-corrected chi connectivity index (χ2v) is 5.73. The van der Waals surface area contributed by atoms with Gasteiger partial charge in [-0.1, -0.05) is 35.9 Å². The number of hydrogen-bond acceptors (Lipinski definition) is 2. The third-order valence-corrected chi connectivity index (χ3v) is 4.51. The van der Waals surface area contributed by atoms with Crippen LogP contribution in [0.5, 0.6) is 0 Å². The number of nitrogens with zero attached hydrogens (tertiary/aromatic N) is 2. The second kappa shape index (κ2) is 5.19. The van der Waals surface area contributed by atoms with E-state index in [4.69, 9.17) is 16.3 Å². The molecule has 1 atom stereocenters. The normalized spacial score (nSPS) is 18.7.